The normalized spacial score (nSPS) is 30.1. The predicted molar refractivity (Wildman–Crippen MR) is 66.3 cm³/mol. The first-order chi connectivity index (χ1) is 8.28. The molecule has 0 aliphatic carbocycles. The van der Waals surface area contributed by atoms with Crippen molar-refractivity contribution < 1.29 is 9.47 Å². The molecule has 2 aliphatic rings. The third-order valence-electron chi connectivity index (χ3n) is 3.97. The summed E-state index contributed by atoms with van der Waals surface area (Å²) < 4.78 is 12.0. The zero-order valence-electron chi connectivity index (χ0n) is 9.77. The summed E-state index contributed by atoms with van der Waals surface area (Å²) in [6.07, 6.45) is 1.07. The number of rotatable bonds is 0. The molecular formula is C15H14O2. The van der Waals surface area contributed by atoms with Gasteiger partial charge in [0.05, 0.1) is 6.61 Å². The smallest absolute Gasteiger partial charge is 0.139 e. The van der Waals surface area contributed by atoms with Gasteiger partial charge in [0.25, 0.3) is 0 Å². The molecule has 2 heteroatoms. The largest absolute Gasteiger partial charge is 0.484 e. The predicted octanol–water partition coefficient (Wildman–Crippen LogP) is 3.45. The average molecular weight is 226 g/mol. The third kappa shape index (κ3) is 1.14. The van der Waals surface area contributed by atoms with Gasteiger partial charge < -0.3 is 9.47 Å². The minimum atomic E-state index is -0.160. The van der Waals surface area contributed by atoms with E-state index in [0.29, 0.717) is 0 Å². The number of hydrogen-bond acceptors (Lipinski definition) is 2. The highest BCUT2D eigenvalue weighted by Crippen LogP contribution is 2.52. The Morgan fingerprint density at radius 1 is 1.18 bits per heavy atom. The Morgan fingerprint density at radius 3 is 3.00 bits per heavy atom. The lowest BCUT2D eigenvalue weighted by molar-refractivity contribution is 0.0232. The van der Waals surface area contributed by atoms with E-state index in [9.17, 15) is 0 Å². The Morgan fingerprint density at radius 2 is 2.06 bits per heavy atom. The zero-order valence-corrected chi connectivity index (χ0v) is 9.77. The van der Waals surface area contributed by atoms with E-state index in [1.165, 1.54) is 16.3 Å². The molecule has 0 radical (unpaired) electrons. The van der Waals surface area contributed by atoms with Crippen LogP contribution in [0.5, 0.6) is 5.75 Å². The van der Waals surface area contributed by atoms with E-state index in [4.69, 9.17) is 9.47 Å². The van der Waals surface area contributed by atoms with Crippen LogP contribution in [0.3, 0.4) is 0 Å². The standard InChI is InChI=1S/C15H14O2/c1-15-8-9-16-14(15)13-11-5-3-2-4-10(11)6-7-12(13)17-15/h2-7,14H,8-9H2,1H3/t14-,15-/m1/s1. The van der Waals surface area contributed by atoms with Crippen LogP contribution < -0.4 is 4.74 Å². The monoisotopic (exact) mass is 226 g/mol. The molecule has 2 aliphatic heterocycles. The van der Waals surface area contributed by atoms with Crippen LogP contribution in [0.15, 0.2) is 36.4 Å². The molecule has 0 unspecified atom stereocenters. The Bertz CT molecular complexity index is 605. The maximum absolute atomic E-state index is 6.10. The third-order valence-corrected chi connectivity index (χ3v) is 3.97. The molecule has 0 amide bonds. The zero-order chi connectivity index (χ0) is 11.5. The lowest BCUT2D eigenvalue weighted by Crippen LogP contribution is -2.29. The lowest BCUT2D eigenvalue weighted by atomic mass is 9.92. The van der Waals surface area contributed by atoms with Crippen molar-refractivity contribution in [2.24, 2.45) is 0 Å². The fourth-order valence-corrected chi connectivity index (χ4v) is 3.07. The molecule has 0 bridgehead atoms. The second-order valence-corrected chi connectivity index (χ2v) is 5.11. The van der Waals surface area contributed by atoms with Gasteiger partial charge in [-0.15, -0.1) is 0 Å². The summed E-state index contributed by atoms with van der Waals surface area (Å²) in [7, 11) is 0. The van der Waals surface area contributed by atoms with Gasteiger partial charge in [-0.05, 0) is 23.8 Å². The van der Waals surface area contributed by atoms with Crippen molar-refractivity contribution in [3.63, 3.8) is 0 Å². The van der Waals surface area contributed by atoms with Crippen LogP contribution in [0.25, 0.3) is 10.8 Å². The van der Waals surface area contributed by atoms with Crippen molar-refractivity contribution in [2.75, 3.05) is 6.61 Å². The van der Waals surface area contributed by atoms with Crippen molar-refractivity contribution in [3.8, 4) is 5.75 Å². The van der Waals surface area contributed by atoms with Crippen molar-refractivity contribution in [2.45, 2.75) is 25.0 Å². The summed E-state index contributed by atoms with van der Waals surface area (Å²) in [5.74, 6) is 0.996. The molecule has 2 aromatic carbocycles. The van der Waals surface area contributed by atoms with Crippen LogP contribution in [0.2, 0.25) is 0 Å². The number of fused-ring (bicyclic) bond motifs is 5. The topological polar surface area (TPSA) is 18.5 Å². The van der Waals surface area contributed by atoms with Crippen LogP contribution in [0.4, 0.5) is 0 Å². The van der Waals surface area contributed by atoms with E-state index in [-0.39, 0.29) is 11.7 Å². The quantitative estimate of drug-likeness (QED) is 0.685. The number of ether oxygens (including phenoxy) is 2. The van der Waals surface area contributed by atoms with Gasteiger partial charge in [0.1, 0.15) is 17.5 Å². The Hall–Kier alpha value is -1.54. The highest BCUT2D eigenvalue weighted by molar-refractivity contribution is 5.89. The fourth-order valence-electron chi connectivity index (χ4n) is 3.07. The molecule has 86 valence electrons. The molecule has 2 atom stereocenters. The van der Waals surface area contributed by atoms with E-state index < -0.39 is 0 Å². The lowest BCUT2D eigenvalue weighted by Gasteiger charge is -2.21. The molecule has 2 aromatic rings. The van der Waals surface area contributed by atoms with E-state index in [0.717, 1.165) is 18.8 Å². The molecule has 2 heterocycles. The van der Waals surface area contributed by atoms with Crippen LogP contribution in [-0.4, -0.2) is 12.2 Å². The van der Waals surface area contributed by atoms with Gasteiger partial charge in [0, 0.05) is 12.0 Å². The second-order valence-electron chi connectivity index (χ2n) is 5.11. The minimum absolute atomic E-state index is 0.101. The van der Waals surface area contributed by atoms with Gasteiger partial charge in [0.15, 0.2) is 0 Å². The molecule has 0 N–H and O–H groups in total. The van der Waals surface area contributed by atoms with Gasteiger partial charge in [-0.2, -0.15) is 0 Å². The first kappa shape index (κ1) is 9.49. The van der Waals surface area contributed by atoms with E-state index >= 15 is 0 Å². The first-order valence-electron chi connectivity index (χ1n) is 6.10. The van der Waals surface area contributed by atoms with Crippen LogP contribution in [-0.2, 0) is 4.74 Å². The van der Waals surface area contributed by atoms with Crippen LogP contribution >= 0.6 is 0 Å². The molecule has 0 aromatic heterocycles. The summed E-state index contributed by atoms with van der Waals surface area (Å²) in [5.41, 5.74) is 1.08. The molecule has 4 rings (SSSR count). The Balaban J connectivity index is 2.04. The molecule has 17 heavy (non-hydrogen) atoms. The maximum atomic E-state index is 6.10. The van der Waals surface area contributed by atoms with Gasteiger partial charge in [-0.1, -0.05) is 30.3 Å². The molecule has 0 spiro atoms. The first-order valence-corrected chi connectivity index (χ1v) is 6.10. The molecule has 0 saturated carbocycles. The van der Waals surface area contributed by atoms with Crippen LogP contribution in [0, 0.1) is 0 Å². The highest BCUT2D eigenvalue weighted by Gasteiger charge is 2.50. The minimum Gasteiger partial charge on any atom is -0.484 e. The summed E-state index contributed by atoms with van der Waals surface area (Å²) in [6.45, 7) is 2.95. The average Bonchev–Trinajstić information content (AvgIpc) is 2.82. The molecule has 2 nitrogen and oxygen atoms in total. The van der Waals surface area contributed by atoms with Crippen molar-refractivity contribution in [1.82, 2.24) is 0 Å². The maximum Gasteiger partial charge on any atom is 0.139 e. The van der Waals surface area contributed by atoms with Gasteiger partial charge >= 0.3 is 0 Å². The van der Waals surface area contributed by atoms with Gasteiger partial charge in [0.2, 0.25) is 0 Å². The van der Waals surface area contributed by atoms with E-state index in [1.54, 1.807) is 0 Å². The highest BCUT2D eigenvalue weighted by atomic mass is 16.6. The summed E-state index contributed by atoms with van der Waals surface area (Å²) in [6, 6.07) is 12.6. The summed E-state index contributed by atoms with van der Waals surface area (Å²) in [4.78, 5) is 0. The van der Waals surface area contributed by atoms with Gasteiger partial charge in [-0.3, -0.25) is 0 Å². The van der Waals surface area contributed by atoms with Crippen molar-refractivity contribution in [3.05, 3.63) is 42.0 Å². The molecule has 1 saturated heterocycles. The number of benzene rings is 2. The van der Waals surface area contributed by atoms with E-state index in [2.05, 4.69) is 43.3 Å². The van der Waals surface area contributed by atoms with E-state index in [1.807, 2.05) is 0 Å². The summed E-state index contributed by atoms with van der Waals surface area (Å²) in [5, 5.41) is 2.52. The number of hydrogen-bond donors (Lipinski definition) is 0. The Kier molecular flexibility index (Phi) is 1.68. The SMILES string of the molecule is C[C@@]12CCO[C@@H]1c1c(ccc3ccccc13)O2. The molecule has 1 fully saturated rings. The Labute approximate surface area is 100 Å². The van der Waals surface area contributed by atoms with Crippen molar-refractivity contribution in [1.29, 1.82) is 0 Å². The molecular weight excluding hydrogens is 212 g/mol. The van der Waals surface area contributed by atoms with Crippen molar-refractivity contribution >= 4 is 10.8 Å². The van der Waals surface area contributed by atoms with Gasteiger partial charge in [-0.25, -0.2) is 0 Å². The fraction of sp³-hybridized carbons (Fsp3) is 0.333. The van der Waals surface area contributed by atoms with Crippen LogP contribution in [0.1, 0.15) is 25.0 Å². The summed E-state index contributed by atoms with van der Waals surface area (Å²) >= 11 is 0. The second kappa shape index (κ2) is 3.02.